The van der Waals surface area contributed by atoms with Crippen LogP contribution in [-0.2, 0) is 6.42 Å². The van der Waals surface area contributed by atoms with Crippen LogP contribution in [0.1, 0.15) is 56.5 Å². The van der Waals surface area contributed by atoms with E-state index in [1.165, 1.54) is 13.1 Å². The van der Waals surface area contributed by atoms with Gasteiger partial charge in [-0.3, -0.25) is 19.4 Å². The number of hydrogen-bond acceptors (Lipinski definition) is 8. The van der Waals surface area contributed by atoms with E-state index in [4.69, 9.17) is 14.2 Å². The molecule has 1 aliphatic rings. The maximum atomic E-state index is 13.0. The topological polar surface area (TPSA) is 108 Å². The molecule has 1 saturated heterocycles. The van der Waals surface area contributed by atoms with Gasteiger partial charge in [0, 0.05) is 61.9 Å². The second kappa shape index (κ2) is 13.1. The number of likely N-dealkylation sites (tertiary alicyclic amines) is 1. The molecule has 9 nitrogen and oxygen atoms in total. The number of rotatable bonds is 10. The zero-order chi connectivity index (χ0) is 29.5. The monoisotopic (exact) mass is 565 g/mol. The molecule has 214 valence electrons. The lowest BCUT2D eigenvalue weighted by molar-refractivity contribution is 0.0589. The Labute approximate surface area is 244 Å². The molecule has 1 fully saturated rings. The van der Waals surface area contributed by atoms with Crippen LogP contribution in [0.3, 0.4) is 0 Å². The number of ether oxygens (including phenoxy) is 3. The Morgan fingerprint density at radius 1 is 0.786 bits per heavy atom. The summed E-state index contributed by atoms with van der Waals surface area (Å²) in [5.74, 6) is 2.18. The SMILES string of the molecule is COc1ccc(OC2CCN(C(=O)c3ccc(C(=O)Cc4ccc(Oc5ccc(C(C)=O)cc5)nc4)cn3)CC2)cc1. The third kappa shape index (κ3) is 7.17. The zero-order valence-electron chi connectivity index (χ0n) is 23.5. The van der Waals surface area contributed by atoms with Crippen LogP contribution in [0.25, 0.3) is 0 Å². The van der Waals surface area contributed by atoms with Gasteiger partial charge in [-0.2, -0.15) is 0 Å². The van der Waals surface area contributed by atoms with Crippen LogP contribution < -0.4 is 14.2 Å². The summed E-state index contributed by atoms with van der Waals surface area (Å²) in [5, 5.41) is 0. The molecular formula is C33H31N3O6. The number of nitrogens with zero attached hydrogens (tertiary/aromatic N) is 3. The quantitative estimate of drug-likeness (QED) is 0.229. The van der Waals surface area contributed by atoms with Crippen LogP contribution in [0.15, 0.2) is 85.2 Å². The van der Waals surface area contributed by atoms with E-state index in [9.17, 15) is 14.4 Å². The maximum Gasteiger partial charge on any atom is 0.272 e. The molecule has 5 rings (SSSR count). The molecule has 3 heterocycles. The summed E-state index contributed by atoms with van der Waals surface area (Å²) < 4.78 is 17.0. The number of Topliss-reactive ketones (excluding diaryl/α,β-unsaturated/α-hetero) is 2. The third-order valence-corrected chi connectivity index (χ3v) is 7.04. The zero-order valence-corrected chi connectivity index (χ0v) is 23.5. The van der Waals surface area contributed by atoms with Gasteiger partial charge < -0.3 is 19.1 Å². The van der Waals surface area contributed by atoms with Crippen molar-refractivity contribution in [1.29, 1.82) is 0 Å². The van der Waals surface area contributed by atoms with Crippen molar-refractivity contribution in [1.82, 2.24) is 14.9 Å². The van der Waals surface area contributed by atoms with Crippen molar-refractivity contribution in [3.05, 3.63) is 108 Å². The van der Waals surface area contributed by atoms with E-state index < -0.39 is 0 Å². The van der Waals surface area contributed by atoms with Gasteiger partial charge in [0.25, 0.3) is 5.91 Å². The van der Waals surface area contributed by atoms with Gasteiger partial charge in [-0.05, 0) is 73.2 Å². The van der Waals surface area contributed by atoms with Crippen molar-refractivity contribution in [2.75, 3.05) is 20.2 Å². The van der Waals surface area contributed by atoms with Gasteiger partial charge >= 0.3 is 0 Å². The van der Waals surface area contributed by atoms with Gasteiger partial charge in [0.15, 0.2) is 11.6 Å². The minimum atomic E-state index is -0.160. The number of methoxy groups -OCH3 is 1. The number of amides is 1. The van der Waals surface area contributed by atoms with E-state index >= 15 is 0 Å². The second-order valence-electron chi connectivity index (χ2n) is 10.0. The smallest absolute Gasteiger partial charge is 0.272 e. The molecule has 0 saturated carbocycles. The van der Waals surface area contributed by atoms with Gasteiger partial charge in [0.05, 0.1) is 7.11 Å². The van der Waals surface area contributed by atoms with Crippen LogP contribution in [0.2, 0.25) is 0 Å². The van der Waals surface area contributed by atoms with E-state index in [-0.39, 0.29) is 30.0 Å². The van der Waals surface area contributed by atoms with Crippen LogP contribution in [0, 0.1) is 0 Å². The highest BCUT2D eigenvalue weighted by Gasteiger charge is 2.25. The number of carbonyl (C=O) groups excluding carboxylic acids is 3. The Morgan fingerprint density at radius 2 is 1.45 bits per heavy atom. The molecule has 4 aromatic rings. The van der Waals surface area contributed by atoms with E-state index in [0.717, 1.165) is 29.9 Å². The highest BCUT2D eigenvalue weighted by molar-refractivity contribution is 5.98. The van der Waals surface area contributed by atoms with Crippen LogP contribution in [-0.4, -0.2) is 58.6 Å². The average molecular weight is 566 g/mol. The number of ketones is 2. The lowest BCUT2D eigenvalue weighted by atomic mass is 10.0. The highest BCUT2D eigenvalue weighted by Crippen LogP contribution is 2.23. The van der Waals surface area contributed by atoms with Gasteiger partial charge in [-0.25, -0.2) is 4.98 Å². The fourth-order valence-electron chi connectivity index (χ4n) is 4.61. The summed E-state index contributed by atoms with van der Waals surface area (Å²) in [6.07, 6.45) is 4.65. The largest absolute Gasteiger partial charge is 0.497 e. The summed E-state index contributed by atoms with van der Waals surface area (Å²) in [6, 6.07) is 21.0. The van der Waals surface area contributed by atoms with E-state index in [1.54, 1.807) is 66.7 Å². The molecular weight excluding hydrogens is 534 g/mol. The highest BCUT2D eigenvalue weighted by atomic mass is 16.5. The predicted molar refractivity (Wildman–Crippen MR) is 156 cm³/mol. The molecule has 2 aromatic heterocycles. The van der Waals surface area contributed by atoms with E-state index in [1.807, 2.05) is 24.3 Å². The molecule has 0 radical (unpaired) electrons. The Morgan fingerprint density at radius 3 is 2.05 bits per heavy atom. The molecule has 0 unspecified atom stereocenters. The second-order valence-corrected chi connectivity index (χ2v) is 10.0. The van der Waals surface area contributed by atoms with Crippen LogP contribution in [0.5, 0.6) is 23.1 Å². The predicted octanol–water partition coefficient (Wildman–Crippen LogP) is 5.59. The number of carbonyl (C=O) groups is 3. The molecule has 1 amide bonds. The Hall–Kier alpha value is -5.05. The van der Waals surface area contributed by atoms with Crippen molar-refractivity contribution < 1.29 is 28.6 Å². The Balaban J connectivity index is 1.10. The Bertz CT molecular complexity index is 1530. The normalized spacial score (nSPS) is 13.3. The first-order valence-corrected chi connectivity index (χ1v) is 13.7. The summed E-state index contributed by atoms with van der Waals surface area (Å²) in [4.78, 5) is 47.6. The van der Waals surface area contributed by atoms with Crippen LogP contribution in [0.4, 0.5) is 0 Å². The molecule has 2 aromatic carbocycles. The number of hydrogen-bond donors (Lipinski definition) is 0. The molecule has 42 heavy (non-hydrogen) atoms. The standard InChI is InChI=1S/C33H31N3O6/c1-22(37)24-4-7-28(8-5-24)42-32-14-3-23(20-35-32)19-31(38)25-6-13-30(34-21-25)33(39)36-17-15-29(16-18-36)41-27-11-9-26(40-2)10-12-27/h3-14,20-21,29H,15-19H2,1-2H3. The first-order valence-electron chi connectivity index (χ1n) is 13.7. The van der Waals surface area contributed by atoms with Gasteiger partial charge in [-0.15, -0.1) is 0 Å². The number of pyridine rings is 2. The number of benzene rings is 2. The van der Waals surface area contributed by atoms with Crippen molar-refractivity contribution in [3.8, 4) is 23.1 Å². The number of piperidine rings is 1. The first kappa shape index (κ1) is 28.5. The molecule has 0 atom stereocenters. The number of aromatic nitrogens is 2. The lowest BCUT2D eigenvalue weighted by Crippen LogP contribution is -2.42. The van der Waals surface area contributed by atoms with Crippen molar-refractivity contribution in [2.45, 2.75) is 32.3 Å². The minimum absolute atomic E-state index is 0.0159. The molecule has 0 N–H and O–H groups in total. The summed E-state index contributed by atoms with van der Waals surface area (Å²) >= 11 is 0. The molecule has 0 aliphatic carbocycles. The molecule has 9 heteroatoms. The van der Waals surface area contributed by atoms with Crippen molar-refractivity contribution >= 4 is 17.5 Å². The first-order chi connectivity index (χ1) is 20.4. The van der Waals surface area contributed by atoms with E-state index in [2.05, 4.69) is 9.97 Å². The fourth-order valence-corrected chi connectivity index (χ4v) is 4.61. The Kier molecular flexibility index (Phi) is 8.87. The van der Waals surface area contributed by atoms with Crippen molar-refractivity contribution in [2.24, 2.45) is 0 Å². The van der Waals surface area contributed by atoms with Gasteiger partial charge in [0.2, 0.25) is 5.88 Å². The van der Waals surface area contributed by atoms with Gasteiger partial charge in [0.1, 0.15) is 29.0 Å². The molecule has 0 spiro atoms. The summed E-state index contributed by atoms with van der Waals surface area (Å²) in [7, 11) is 1.62. The minimum Gasteiger partial charge on any atom is -0.497 e. The molecule has 0 bridgehead atoms. The lowest BCUT2D eigenvalue weighted by Gasteiger charge is -2.32. The van der Waals surface area contributed by atoms with Crippen LogP contribution >= 0.6 is 0 Å². The van der Waals surface area contributed by atoms with Crippen molar-refractivity contribution in [3.63, 3.8) is 0 Å². The fraction of sp³-hybridized carbons (Fsp3) is 0.242. The van der Waals surface area contributed by atoms with E-state index in [0.29, 0.717) is 41.5 Å². The maximum absolute atomic E-state index is 13.0. The third-order valence-electron chi connectivity index (χ3n) is 7.04. The summed E-state index contributed by atoms with van der Waals surface area (Å²) in [5.41, 5.74) is 2.05. The molecule has 1 aliphatic heterocycles. The average Bonchev–Trinajstić information content (AvgIpc) is 3.03. The summed E-state index contributed by atoms with van der Waals surface area (Å²) in [6.45, 7) is 2.64. The van der Waals surface area contributed by atoms with Gasteiger partial charge in [-0.1, -0.05) is 6.07 Å².